The second-order valence-corrected chi connectivity index (χ2v) is 5.58. The maximum Gasteiger partial charge on any atom is 0.222 e. The average Bonchev–Trinajstić information content (AvgIpc) is 2.34. The summed E-state index contributed by atoms with van der Waals surface area (Å²) in [6, 6.07) is 0.611. The van der Waals surface area contributed by atoms with Crippen molar-refractivity contribution in [1.29, 1.82) is 0 Å². The summed E-state index contributed by atoms with van der Waals surface area (Å²) < 4.78 is 0. The van der Waals surface area contributed by atoms with Crippen molar-refractivity contribution in [2.45, 2.75) is 58.4 Å². The molecule has 1 aliphatic rings. The van der Waals surface area contributed by atoms with E-state index in [0.717, 1.165) is 44.7 Å². The van der Waals surface area contributed by atoms with Gasteiger partial charge in [0.25, 0.3) is 0 Å². The molecule has 0 radical (unpaired) electrons. The van der Waals surface area contributed by atoms with Gasteiger partial charge >= 0.3 is 0 Å². The second kappa shape index (κ2) is 7.70. The molecule has 1 fully saturated rings. The third kappa shape index (κ3) is 5.53. The molecule has 1 rings (SSSR count). The highest BCUT2D eigenvalue weighted by molar-refractivity contribution is 5.76. The van der Waals surface area contributed by atoms with E-state index in [0.29, 0.717) is 11.9 Å². The van der Waals surface area contributed by atoms with Gasteiger partial charge in [-0.25, -0.2) is 0 Å². The van der Waals surface area contributed by atoms with Crippen molar-refractivity contribution in [3.05, 3.63) is 0 Å². The van der Waals surface area contributed by atoms with Crippen LogP contribution in [0, 0.1) is 5.92 Å². The molecule has 1 heterocycles. The predicted octanol–water partition coefficient (Wildman–Crippen LogP) is 2.41. The first-order valence-corrected chi connectivity index (χ1v) is 7.08. The van der Waals surface area contributed by atoms with Crippen LogP contribution >= 0.6 is 0 Å². The summed E-state index contributed by atoms with van der Waals surface area (Å²) in [5.74, 6) is 1.12. The van der Waals surface area contributed by atoms with E-state index >= 15 is 0 Å². The predicted molar refractivity (Wildman–Crippen MR) is 72.0 cm³/mol. The van der Waals surface area contributed by atoms with E-state index in [9.17, 15) is 4.79 Å². The van der Waals surface area contributed by atoms with E-state index in [1.807, 2.05) is 11.9 Å². The van der Waals surface area contributed by atoms with Gasteiger partial charge in [0.15, 0.2) is 0 Å². The Morgan fingerprint density at radius 2 is 1.94 bits per heavy atom. The van der Waals surface area contributed by atoms with Crippen molar-refractivity contribution in [2.24, 2.45) is 5.92 Å². The minimum absolute atomic E-state index is 0.364. The highest BCUT2D eigenvalue weighted by Gasteiger charge is 2.20. The van der Waals surface area contributed by atoms with Crippen LogP contribution in [0.4, 0.5) is 0 Å². The molecule has 1 aliphatic heterocycles. The minimum Gasteiger partial charge on any atom is -0.343 e. The maximum absolute atomic E-state index is 11.9. The van der Waals surface area contributed by atoms with Gasteiger partial charge in [-0.2, -0.15) is 0 Å². The molecule has 1 amide bonds. The molecule has 0 aromatic carbocycles. The van der Waals surface area contributed by atoms with Gasteiger partial charge in [-0.15, -0.1) is 0 Å². The number of carbonyl (C=O) groups is 1. The number of hydrogen-bond acceptors (Lipinski definition) is 2. The van der Waals surface area contributed by atoms with Crippen LogP contribution in [0.25, 0.3) is 0 Å². The Balaban J connectivity index is 2.12. The third-order valence-electron chi connectivity index (χ3n) is 3.68. The lowest BCUT2D eigenvalue weighted by atomic mass is 10.0. The number of piperidine rings is 1. The summed E-state index contributed by atoms with van der Waals surface area (Å²) >= 11 is 0. The van der Waals surface area contributed by atoms with Gasteiger partial charge in [0.05, 0.1) is 0 Å². The summed E-state index contributed by atoms with van der Waals surface area (Å²) in [5.41, 5.74) is 0. The normalized spacial score (nSPS) is 17.8. The lowest BCUT2D eigenvalue weighted by Gasteiger charge is -2.31. The van der Waals surface area contributed by atoms with Crippen molar-refractivity contribution >= 4 is 5.91 Å². The smallest absolute Gasteiger partial charge is 0.222 e. The molecule has 1 saturated heterocycles. The number of rotatable bonds is 6. The van der Waals surface area contributed by atoms with Crippen LogP contribution in [-0.4, -0.2) is 37.0 Å². The average molecular weight is 240 g/mol. The number of amides is 1. The Hall–Kier alpha value is -0.570. The molecule has 0 aliphatic carbocycles. The molecular formula is C14H28N2O. The molecule has 3 nitrogen and oxygen atoms in total. The van der Waals surface area contributed by atoms with Crippen LogP contribution in [-0.2, 0) is 4.79 Å². The fraction of sp³-hybridized carbons (Fsp3) is 0.929. The summed E-state index contributed by atoms with van der Waals surface area (Å²) in [6.07, 6.45) is 6.45. The van der Waals surface area contributed by atoms with Crippen molar-refractivity contribution < 1.29 is 4.79 Å². The molecule has 0 saturated carbocycles. The number of hydrogen-bond donors (Lipinski definition) is 1. The summed E-state index contributed by atoms with van der Waals surface area (Å²) in [6.45, 7) is 6.36. The number of unbranched alkanes of at least 4 members (excludes halogenated alkanes) is 1. The Kier molecular flexibility index (Phi) is 6.56. The number of likely N-dealkylation sites (tertiary alicyclic amines) is 1. The molecule has 17 heavy (non-hydrogen) atoms. The van der Waals surface area contributed by atoms with E-state index < -0.39 is 0 Å². The van der Waals surface area contributed by atoms with Gasteiger partial charge in [0, 0.05) is 25.6 Å². The van der Waals surface area contributed by atoms with Crippen LogP contribution < -0.4 is 5.32 Å². The van der Waals surface area contributed by atoms with Gasteiger partial charge in [-0.05, 0) is 32.2 Å². The fourth-order valence-electron chi connectivity index (χ4n) is 2.40. The monoisotopic (exact) mass is 240 g/mol. The first-order chi connectivity index (χ1) is 8.13. The first kappa shape index (κ1) is 14.5. The lowest BCUT2D eigenvalue weighted by Crippen LogP contribution is -2.43. The second-order valence-electron chi connectivity index (χ2n) is 5.58. The zero-order chi connectivity index (χ0) is 12.7. The lowest BCUT2D eigenvalue weighted by molar-refractivity contribution is -0.132. The molecule has 0 spiro atoms. The van der Waals surface area contributed by atoms with E-state index in [1.54, 1.807) is 0 Å². The summed E-state index contributed by atoms with van der Waals surface area (Å²) in [5, 5.41) is 3.29. The van der Waals surface area contributed by atoms with E-state index in [4.69, 9.17) is 0 Å². The van der Waals surface area contributed by atoms with Crippen LogP contribution in [0.5, 0.6) is 0 Å². The largest absolute Gasteiger partial charge is 0.343 e. The minimum atomic E-state index is 0.364. The fourth-order valence-corrected chi connectivity index (χ4v) is 2.40. The van der Waals surface area contributed by atoms with Gasteiger partial charge in [0.2, 0.25) is 5.91 Å². The molecule has 0 unspecified atom stereocenters. The Labute approximate surface area is 106 Å². The highest BCUT2D eigenvalue weighted by atomic mass is 16.2. The molecule has 0 bridgehead atoms. The molecule has 1 N–H and O–H groups in total. The van der Waals surface area contributed by atoms with E-state index in [2.05, 4.69) is 19.2 Å². The van der Waals surface area contributed by atoms with Crippen molar-refractivity contribution in [2.75, 3.05) is 20.1 Å². The van der Waals surface area contributed by atoms with Crippen molar-refractivity contribution in [3.8, 4) is 0 Å². The number of nitrogens with zero attached hydrogens (tertiary/aromatic N) is 1. The van der Waals surface area contributed by atoms with Gasteiger partial charge in [0.1, 0.15) is 0 Å². The zero-order valence-electron chi connectivity index (χ0n) is 11.7. The SMILES string of the molecule is CNC1CCN(C(=O)CCCCC(C)C)CC1. The molecule has 100 valence electrons. The molecule has 0 aromatic rings. The maximum atomic E-state index is 11.9. The molecule has 0 atom stereocenters. The molecule has 3 heteroatoms. The first-order valence-electron chi connectivity index (χ1n) is 7.08. The zero-order valence-corrected chi connectivity index (χ0v) is 11.7. The van der Waals surface area contributed by atoms with Crippen LogP contribution in [0.15, 0.2) is 0 Å². The Morgan fingerprint density at radius 3 is 2.47 bits per heavy atom. The van der Waals surface area contributed by atoms with Crippen LogP contribution in [0.3, 0.4) is 0 Å². The number of carbonyl (C=O) groups excluding carboxylic acids is 1. The molecule has 0 aromatic heterocycles. The van der Waals surface area contributed by atoms with Gasteiger partial charge in [-0.1, -0.05) is 26.7 Å². The summed E-state index contributed by atoms with van der Waals surface area (Å²) in [7, 11) is 2.01. The van der Waals surface area contributed by atoms with Crippen LogP contribution in [0.1, 0.15) is 52.4 Å². The standard InChI is InChI=1S/C14H28N2O/c1-12(2)6-4-5-7-14(17)16-10-8-13(15-3)9-11-16/h12-13,15H,4-11H2,1-3H3. The number of nitrogens with one attached hydrogen (secondary N) is 1. The van der Waals surface area contributed by atoms with Crippen molar-refractivity contribution in [3.63, 3.8) is 0 Å². The van der Waals surface area contributed by atoms with Crippen LogP contribution in [0.2, 0.25) is 0 Å². The Bertz CT molecular complexity index is 220. The topological polar surface area (TPSA) is 32.3 Å². The van der Waals surface area contributed by atoms with Gasteiger partial charge in [-0.3, -0.25) is 4.79 Å². The summed E-state index contributed by atoms with van der Waals surface area (Å²) in [4.78, 5) is 14.0. The highest BCUT2D eigenvalue weighted by Crippen LogP contribution is 2.13. The van der Waals surface area contributed by atoms with E-state index in [1.165, 1.54) is 12.8 Å². The Morgan fingerprint density at radius 1 is 1.29 bits per heavy atom. The van der Waals surface area contributed by atoms with Gasteiger partial charge < -0.3 is 10.2 Å². The van der Waals surface area contributed by atoms with E-state index in [-0.39, 0.29) is 0 Å². The molecular weight excluding hydrogens is 212 g/mol. The third-order valence-corrected chi connectivity index (χ3v) is 3.68. The van der Waals surface area contributed by atoms with Crippen molar-refractivity contribution in [1.82, 2.24) is 10.2 Å². The quantitative estimate of drug-likeness (QED) is 0.723.